The van der Waals surface area contributed by atoms with Crippen molar-refractivity contribution in [3.63, 3.8) is 0 Å². The number of unbranched alkanes of at least 4 members (excludes halogenated alkanes) is 6. The molecule has 0 saturated carbocycles. The molecule has 2 atom stereocenters. The minimum atomic E-state index is -0.140. The smallest absolute Gasteiger partial charge is 0.305 e. The number of carbonyl (C=O) groups excluding carboxylic acids is 1. The van der Waals surface area contributed by atoms with Gasteiger partial charge in [0.25, 0.3) is 0 Å². The largest absolute Gasteiger partial charge is 0.469 e. The molecule has 24 heavy (non-hydrogen) atoms. The number of ether oxygens (including phenoxy) is 2. The van der Waals surface area contributed by atoms with Crippen LogP contribution in [-0.4, -0.2) is 25.3 Å². The molecule has 1 aliphatic rings. The van der Waals surface area contributed by atoms with E-state index in [1.165, 1.54) is 52.1 Å². The Labute approximate surface area is 147 Å². The summed E-state index contributed by atoms with van der Waals surface area (Å²) in [7, 11) is 1.43. The van der Waals surface area contributed by atoms with Crippen LogP contribution in [0.25, 0.3) is 0 Å². The molecular formula is C21H34O3. The molecule has 3 heteroatoms. The Kier molecular flexibility index (Phi) is 12.1. The molecule has 136 valence electrons. The third-order valence-electron chi connectivity index (χ3n) is 4.21. The molecule has 0 aromatic rings. The van der Waals surface area contributed by atoms with Crippen LogP contribution in [-0.2, 0) is 14.3 Å². The summed E-state index contributed by atoms with van der Waals surface area (Å²) in [5.74, 6) is -0.140. The van der Waals surface area contributed by atoms with Crippen molar-refractivity contribution in [2.45, 2.75) is 83.3 Å². The predicted octanol–water partition coefficient (Wildman–Crippen LogP) is 5.52. The quantitative estimate of drug-likeness (QED) is 0.182. The van der Waals surface area contributed by atoms with Crippen molar-refractivity contribution in [1.29, 1.82) is 0 Å². The molecule has 1 fully saturated rings. The highest BCUT2D eigenvalue weighted by Gasteiger charge is 2.35. The van der Waals surface area contributed by atoms with Crippen LogP contribution >= 0.6 is 0 Å². The van der Waals surface area contributed by atoms with Crippen LogP contribution < -0.4 is 0 Å². The Morgan fingerprint density at radius 2 is 1.75 bits per heavy atom. The van der Waals surface area contributed by atoms with E-state index in [0.717, 1.165) is 12.8 Å². The van der Waals surface area contributed by atoms with Gasteiger partial charge in [-0.1, -0.05) is 75.5 Å². The molecule has 1 heterocycles. The number of allylic oxidation sites excluding steroid dienone is 5. The van der Waals surface area contributed by atoms with Gasteiger partial charge in [0.1, 0.15) is 6.10 Å². The van der Waals surface area contributed by atoms with E-state index >= 15 is 0 Å². The average molecular weight is 335 g/mol. The highest BCUT2D eigenvalue weighted by atomic mass is 16.6. The van der Waals surface area contributed by atoms with Crippen LogP contribution in [0.3, 0.4) is 0 Å². The van der Waals surface area contributed by atoms with Gasteiger partial charge in [-0.25, -0.2) is 0 Å². The van der Waals surface area contributed by atoms with Gasteiger partial charge in [-0.05, 0) is 25.7 Å². The Bertz CT molecular complexity index is 409. The van der Waals surface area contributed by atoms with Crippen LogP contribution in [0, 0.1) is 0 Å². The number of carbonyl (C=O) groups is 1. The van der Waals surface area contributed by atoms with Gasteiger partial charge < -0.3 is 9.47 Å². The van der Waals surface area contributed by atoms with Crippen molar-refractivity contribution >= 4 is 5.97 Å². The molecule has 3 nitrogen and oxygen atoms in total. The second kappa shape index (κ2) is 14.0. The fraction of sp³-hybridized carbons (Fsp3) is 0.667. The van der Waals surface area contributed by atoms with E-state index in [1.807, 2.05) is 12.2 Å². The lowest BCUT2D eigenvalue weighted by Gasteiger charge is -1.97. The standard InChI is InChI=1S/C21H34O3/c1-3-4-5-6-7-8-9-10-11-12-13-14-16-19-20(24-19)17-15-18-21(22)23-2/h10-14,16,19-20H,3-9,15,17-18H2,1-2H3/b11-10-,13-12+,16-14+/t19-,20+/m1/s1. The first kappa shape index (κ1) is 20.7. The maximum absolute atomic E-state index is 11.0. The molecule has 0 aromatic heterocycles. The number of rotatable bonds is 14. The first-order valence-electron chi connectivity index (χ1n) is 9.50. The molecule has 0 N–H and O–H groups in total. The van der Waals surface area contributed by atoms with E-state index in [0.29, 0.717) is 6.42 Å². The van der Waals surface area contributed by atoms with Crippen molar-refractivity contribution in [3.05, 3.63) is 36.5 Å². The normalized spacial score (nSPS) is 20.4. The summed E-state index contributed by atoms with van der Waals surface area (Å²) in [5.41, 5.74) is 0. The Balaban J connectivity index is 1.94. The maximum Gasteiger partial charge on any atom is 0.305 e. The Morgan fingerprint density at radius 3 is 2.54 bits per heavy atom. The fourth-order valence-electron chi connectivity index (χ4n) is 2.63. The number of esters is 1. The van der Waals surface area contributed by atoms with Gasteiger partial charge in [-0.15, -0.1) is 0 Å². The second-order valence-corrected chi connectivity index (χ2v) is 6.36. The summed E-state index contributed by atoms with van der Waals surface area (Å²) in [6, 6.07) is 0. The van der Waals surface area contributed by atoms with Gasteiger partial charge >= 0.3 is 5.97 Å². The number of hydrogen-bond acceptors (Lipinski definition) is 3. The fourth-order valence-corrected chi connectivity index (χ4v) is 2.63. The van der Waals surface area contributed by atoms with Crippen molar-refractivity contribution in [1.82, 2.24) is 0 Å². The van der Waals surface area contributed by atoms with E-state index in [4.69, 9.17) is 4.74 Å². The zero-order valence-corrected chi connectivity index (χ0v) is 15.4. The predicted molar refractivity (Wildman–Crippen MR) is 99.9 cm³/mol. The van der Waals surface area contributed by atoms with Gasteiger partial charge in [0.2, 0.25) is 0 Å². The zero-order valence-electron chi connectivity index (χ0n) is 15.4. The minimum Gasteiger partial charge on any atom is -0.469 e. The highest BCUT2D eigenvalue weighted by Crippen LogP contribution is 2.28. The second-order valence-electron chi connectivity index (χ2n) is 6.36. The lowest BCUT2D eigenvalue weighted by atomic mass is 10.1. The summed E-state index contributed by atoms with van der Waals surface area (Å²) in [5, 5.41) is 0. The van der Waals surface area contributed by atoms with Crippen LogP contribution in [0.2, 0.25) is 0 Å². The molecule has 0 unspecified atom stereocenters. The molecule has 1 saturated heterocycles. The van der Waals surface area contributed by atoms with Crippen LogP contribution in [0.5, 0.6) is 0 Å². The van der Waals surface area contributed by atoms with Gasteiger partial charge in [0.05, 0.1) is 13.2 Å². The molecule has 0 amide bonds. The molecule has 0 spiro atoms. The van der Waals surface area contributed by atoms with Crippen molar-refractivity contribution in [3.8, 4) is 0 Å². The molecule has 1 aliphatic heterocycles. The van der Waals surface area contributed by atoms with Crippen LogP contribution in [0.1, 0.15) is 71.1 Å². The summed E-state index contributed by atoms with van der Waals surface area (Å²) in [4.78, 5) is 11.0. The highest BCUT2D eigenvalue weighted by molar-refractivity contribution is 5.68. The third-order valence-corrected chi connectivity index (χ3v) is 4.21. The molecule has 0 radical (unpaired) electrons. The maximum atomic E-state index is 11.0. The van der Waals surface area contributed by atoms with Gasteiger partial charge in [-0.2, -0.15) is 0 Å². The summed E-state index contributed by atoms with van der Waals surface area (Å²) < 4.78 is 10.2. The number of hydrogen-bond donors (Lipinski definition) is 0. The Morgan fingerprint density at radius 1 is 1.00 bits per heavy atom. The van der Waals surface area contributed by atoms with E-state index in [9.17, 15) is 4.79 Å². The van der Waals surface area contributed by atoms with E-state index in [2.05, 4.69) is 36.0 Å². The first-order valence-corrected chi connectivity index (χ1v) is 9.50. The lowest BCUT2D eigenvalue weighted by Crippen LogP contribution is -2.01. The van der Waals surface area contributed by atoms with Gasteiger partial charge in [-0.3, -0.25) is 4.79 Å². The lowest BCUT2D eigenvalue weighted by molar-refractivity contribution is -0.140. The zero-order chi connectivity index (χ0) is 17.5. The van der Waals surface area contributed by atoms with Crippen LogP contribution in [0.4, 0.5) is 0 Å². The molecule has 0 aliphatic carbocycles. The molecule has 1 rings (SSSR count). The summed E-state index contributed by atoms with van der Waals surface area (Å²) in [6.07, 6.45) is 24.6. The van der Waals surface area contributed by atoms with Gasteiger partial charge in [0, 0.05) is 6.42 Å². The minimum absolute atomic E-state index is 0.140. The molecule has 0 aromatic carbocycles. The van der Waals surface area contributed by atoms with Crippen LogP contribution in [0.15, 0.2) is 36.5 Å². The van der Waals surface area contributed by atoms with E-state index in [-0.39, 0.29) is 18.2 Å². The average Bonchev–Trinajstić information content (AvgIpc) is 3.34. The Hall–Kier alpha value is -1.35. The topological polar surface area (TPSA) is 38.8 Å². The third kappa shape index (κ3) is 11.2. The SMILES string of the molecule is CCCCCCCC\C=C/C=C/C=C/[C@H]1O[C@H]1CCCC(=O)OC. The molecule has 0 bridgehead atoms. The number of methoxy groups -OCH3 is 1. The van der Waals surface area contributed by atoms with Crippen molar-refractivity contribution in [2.24, 2.45) is 0 Å². The van der Waals surface area contributed by atoms with E-state index < -0.39 is 0 Å². The summed E-state index contributed by atoms with van der Waals surface area (Å²) in [6.45, 7) is 2.25. The monoisotopic (exact) mass is 334 g/mol. The van der Waals surface area contributed by atoms with Crippen molar-refractivity contribution in [2.75, 3.05) is 7.11 Å². The summed E-state index contributed by atoms with van der Waals surface area (Å²) >= 11 is 0. The van der Waals surface area contributed by atoms with E-state index in [1.54, 1.807) is 0 Å². The molecular weight excluding hydrogens is 300 g/mol. The van der Waals surface area contributed by atoms with Gasteiger partial charge in [0.15, 0.2) is 0 Å². The van der Waals surface area contributed by atoms with Crippen molar-refractivity contribution < 1.29 is 14.3 Å². The first-order chi connectivity index (χ1) is 11.8. The number of epoxide rings is 1.